The molecule has 0 aromatic carbocycles. The van der Waals surface area contributed by atoms with Crippen LogP contribution in [-0.4, -0.2) is 15.8 Å². The molecule has 2 nitrogen and oxygen atoms in total. The van der Waals surface area contributed by atoms with Gasteiger partial charge in [0.1, 0.15) is 0 Å². The van der Waals surface area contributed by atoms with Crippen molar-refractivity contribution in [2.45, 2.75) is 25.0 Å². The summed E-state index contributed by atoms with van der Waals surface area (Å²) in [6.45, 7) is 4.31. The number of aromatic nitrogens is 2. The van der Waals surface area contributed by atoms with E-state index in [2.05, 4.69) is 23.4 Å². The molecule has 0 amide bonds. The Hall–Kier alpha value is -0.440. The predicted octanol–water partition coefficient (Wildman–Crippen LogP) is 2.19. The summed E-state index contributed by atoms with van der Waals surface area (Å²) in [5, 5.41) is 1.09. The van der Waals surface area contributed by atoms with Crippen LogP contribution in [0.15, 0.2) is 17.6 Å². The van der Waals surface area contributed by atoms with Gasteiger partial charge in [-0.05, 0) is 20.1 Å². The van der Waals surface area contributed by atoms with Crippen LogP contribution in [0.4, 0.5) is 0 Å². The van der Waals surface area contributed by atoms with Gasteiger partial charge in [0, 0.05) is 18.4 Å². The monoisotopic (exact) mass is 156 g/mol. The van der Waals surface area contributed by atoms with Gasteiger partial charge >= 0.3 is 0 Å². The zero-order valence-electron chi connectivity index (χ0n) is 6.53. The van der Waals surface area contributed by atoms with Crippen molar-refractivity contribution in [2.75, 3.05) is 6.26 Å². The van der Waals surface area contributed by atoms with Crippen LogP contribution in [0.2, 0.25) is 0 Å². The maximum atomic E-state index is 4.18. The highest BCUT2D eigenvalue weighted by Crippen LogP contribution is 2.16. The lowest BCUT2D eigenvalue weighted by Gasteiger charge is -2.08. The van der Waals surface area contributed by atoms with Crippen LogP contribution in [-0.2, 0) is 0 Å². The Labute approximate surface area is 65.7 Å². The van der Waals surface area contributed by atoms with Gasteiger partial charge in [-0.3, -0.25) is 0 Å². The van der Waals surface area contributed by atoms with E-state index in [1.54, 1.807) is 11.8 Å². The van der Waals surface area contributed by atoms with Crippen molar-refractivity contribution in [3.05, 3.63) is 12.4 Å². The third kappa shape index (κ3) is 1.34. The lowest BCUT2D eigenvalue weighted by molar-refractivity contribution is 0.550. The van der Waals surface area contributed by atoms with Crippen molar-refractivity contribution >= 4 is 11.8 Å². The highest BCUT2D eigenvalue weighted by molar-refractivity contribution is 7.98. The van der Waals surface area contributed by atoms with Crippen molar-refractivity contribution in [3.63, 3.8) is 0 Å². The number of rotatable bonds is 2. The standard InChI is InChI=1S/C7H12N2S/c1-6(2)9-5-4-8-7(9)10-3/h4-6H,1-3H3. The zero-order valence-corrected chi connectivity index (χ0v) is 7.35. The fourth-order valence-electron chi connectivity index (χ4n) is 0.850. The molecule has 0 atom stereocenters. The summed E-state index contributed by atoms with van der Waals surface area (Å²) in [6.07, 6.45) is 5.89. The summed E-state index contributed by atoms with van der Waals surface area (Å²) in [5.74, 6) is 0. The maximum Gasteiger partial charge on any atom is 0.167 e. The SMILES string of the molecule is CSc1nccn1C(C)C. The van der Waals surface area contributed by atoms with Crippen LogP contribution in [0.3, 0.4) is 0 Å². The quantitative estimate of drug-likeness (QED) is 0.611. The van der Waals surface area contributed by atoms with Crippen LogP contribution in [0.5, 0.6) is 0 Å². The van der Waals surface area contributed by atoms with Crippen molar-refractivity contribution in [3.8, 4) is 0 Å². The van der Waals surface area contributed by atoms with E-state index in [-0.39, 0.29) is 0 Å². The van der Waals surface area contributed by atoms with Gasteiger partial charge in [-0.2, -0.15) is 0 Å². The molecule has 0 fully saturated rings. The van der Waals surface area contributed by atoms with E-state index < -0.39 is 0 Å². The Balaban J connectivity index is 2.90. The Morgan fingerprint density at radius 3 is 2.70 bits per heavy atom. The fraction of sp³-hybridized carbons (Fsp3) is 0.571. The van der Waals surface area contributed by atoms with Crippen LogP contribution in [0.25, 0.3) is 0 Å². The second kappa shape index (κ2) is 3.10. The summed E-state index contributed by atoms with van der Waals surface area (Å²) in [5.41, 5.74) is 0. The summed E-state index contributed by atoms with van der Waals surface area (Å²) in [7, 11) is 0. The average Bonchev–Trinajstić information content (AvgIpc) is 2.33. The molecular weight excluding hydrogens is 144 g/mol. The lowest BCUT2D eigenvalue weighted by atomic mass is 10.4. The third-order valence-corrected chi connectivity index (χ3v) is 2.05. The Morgan fingerprint density at radius 1 is 1.60 bits per heavy atom. The van der Waals surface area contributed by atoms with Crippen LogP contribution in [0.1, 0.15) is 19.9 Å². The molecule has 0 saturated heterocycles. The van der Waals surface area contributed by atoms with Crippen molar-refractivity contribution < 1.29 is 0 Å². The van der Waals surface area contributed by atoms with E-state index in [1.807, 2.05) is 18.6 Å². The smallest absolute Gasteiger partial charge is 0.167 e. The molecule has 10 heavy (non-hydrogen) atoms. The summed E-state index contributed by atoms with van der Waals surface area (Å²) in [4.78, 5) is 4.18. The molecule has 0 aliphatic carbocycles. The van der Waals surface area contributed by atoms with Crippen LogP contribution in [0, 0.1) is 0 Å². The normalized spacial score (nSPS) is 10.8. The average molecular weight is 156 g/mol. The largest absolute Gasteiger partial charge is 0.324 e. The van der Waals surface area contributed by atoms with E-state index in [0.717, 1.165) is 5.16 Å². The molecule has 0 bridgehead atoms. The Bertz CT molecular complexity index is 205. The minimum Gasteiger partial charge on any atom is -0.324 e. The topological polar surface area (TPSA) is 17.8 Å². The molecule has 0 unspecified atom stereocenters. The van der Waals surface area contributed by atoms with Gasteiger partial charge in [0.2, 0.25) is 0 Å². The highest BCUT2D eigenvalue weighted by atomic mass is 32.2. The number of imidazole rings is 1. The van der Waals surface area contributed by atoms with Crippen molar-refractivity contribution in [1.29, 1.82) is 0 Å². The summed E-state index contributed by atoms with van der Waals surface area (Å²) >= 11 is 1.68. The number of nitrogens with zero attached hydrogens (tertiary/aromatic N) is 2. The van der Waals surface area contributed by atoms with Gasteiger partial charge in [0.25, 0.3) is 0 Å². The Morgan fingerprint density at radius 2 is 2.30 bits per heavy atom. The first-order valence-corrected chi connectivity index (χ1v) is 4.55. The van der Waals surface area contributed by atoms with Crippen molar-refractivity contribution in [1.82, 2.24) is 9.55 Å². The second-order valence-corrected chi connectivity index (χ2v) is 3.19. The van der Waals surface area contributed by atoms with E-state index in [0.29, 0.717) is 6.04 Å². The van der Waals surface area contributed by atoms with E-state index in [4.69, 9.17) is 0 Å². The molecule has 1 aromatic rings. The molecule has 1 rings (SSSR count). The lowest BCUT2D eigenvalue weighted by Crippen LogP contribution is -1.99. The molecule has 0 aliphatic rings. The van der Waals surface area contributed by atoms with Gasteiger partial charge < -0.3 is 4.57 Å². The first-order chi connectivity index (χ1) is 4.75. The van der Waals surface area contributed by atoms with E-state index >= 15 is 0 Å². The predicted molar refractivity (Wildman–Crippen MR) is 44.4 cm³/mol. The summed E-state index contributed by atoms with van der Waals surface area (Å²) < 4.78 is 2.16. The Kier molecular flexibility index (Phi) is 2.38. The molecule has 0 N–H and O–H groups in total. The molecular formula is C7H12N2S. The second-order valence-electron chi connectivity index (χ2n) is 2.41. The van der Waals surface area contributed by atoms with E-state index in [9.17, 15) is 0 Å². The van der Waals surface area contributed by atoms with E-state index in [1.165, 1.54) is 0 Å². The number of thioether (sulfide) groups is 1. The van der Waals surface area contributed by atoms with Gasteiger partial charge in [0.15, 0.2) is 5.16 Å². The highest BCUT2D eigenvalue weighted by Gasteiger charge is 2.02. The first kappa shape index (κ1) is 7.66. The molecule has 0 saturated carbocycles. The van der Waals surface area contributed by atoms with Crippen LogP contribution < -0.4 is 0 Å². The minimum atomic E-state index is 0.518. The molecule has 0 aliphatic heterocycles. The molecule has 1 heterocycles. The van der Waals surface area contributed by atoms with Crippen LogP contribution >= 0.6 is 11.8 Å². The van der Waals surface area contributed by atoms with Gasteiger partial charge in [-0.25, -0.2) is 4.98 Å². The molecule has 0 radical (unpaired) electrons. The molecule has 3 heteroatoms. The van der Waals surface area contributed by atoms with Gasteiger partial charge in [0.05, 0.1) is 0 Å². The van der Waals surface area contributed by atoms with Gasteiger partial charge in [-0.1, -0.05) is 11.8 Å². The zero-order chi connectivity index (χ0) is 7.56. The third-order valence-electron chi connectivity index (χ3n) is 1.37. The molecule has 1 aromatic heterocycles. The number of hydrogen-bond donors (Lipinski definition) is 0. The first-order valence-electron chi connectivity index (χ1n) is 3.32. The van der Waals surface area contributed by atoms with Crippen molar-refractivity contribution in [2.24, 2.45) is 0 Å². The number of hydrogen-bond acceptors (Lipinski definition) is 2. The maximum absolute atomic E-state index is 4.18. The fourth-order valence-corrected chi connectivity index (χ4v) is 1.50. The summed E-state index contributed by atoms with van der Waals surface area (Å²) in [6, 6.07) is 0.518. The minimum absolute atomic E-state index is 0.518. The molecule has 56 valence electrons. The van der Waals surface area contributed by atoms with Gasteiger partial charge in [-0.15, -0.1) is 0 Å². The molecule has 0 spiro atoms.